The molecule has 0 spiro atoms. The molecule has 120 valence electrons. The van der Waals surface area contributed by atoms with Crippen LogP contribution in [0, 0.1) is 0 Å². The van der Waals surface area contributed by atoms with Crippen molar-refractivity contribution in [2.45, 2.75) is 38.2 Å². The molecule has 0 aromatic heterocycles. The Morgan fingerprint density at radius 1 is 1.29 bits per heavy atom. The Morgan fingerprint density at radius 3 is 2.57 bits per heavy atom. The summed E-state index contributed by atoms with van der Waals surface area (Å²) in [7, 11) is 2.60. The molecule has 3 unspecified atom stereocenters. The van der Waals surface area contributed by atoms with Crippen LogP contribution in [-0.4, -0.2) is 36.5 Å². The van der Waals surface area contributed by atoms with Crippen molar-refractivity contribution in [1.82, 2.24) is 5.32 Å². The average molecular weight is 313 g/mol. The molecule has 0 aliphatic carbocycles. The van der Waals surface area contributed by atoms with Crippen molar-refractivity contribution in [3.05, 3.63) is 29.3 Å². The van der Waals surface area contributed by atoms with E-state index in [0.717, 1.165) is 24.3 Å². The highest BCUT2D eigenvalue weighted by Crippen LogP contribution is 2.24. The lowest BCUT2D eigenvalue weighted by molar-refractivity contribution is 0.181. The van der Waals surface area contributed by atoms with Gasteiger partial charge in [0.2, 0.25) is 0 Å². The summed E-state index contributed by atoms with van der Waals surface area (Å²) in [6.45, 7) is 5.54. The number of hydrogen-bond acceptors (Lipinski definition) is 4. The predicted molar refractivity (Wildman–Crippen MR) is 88.3 cm³/mol. The highest BCUT2D eigenvalue weighted by atomic mass is 32.2. The number of benzene rings is 1. The smallest absolute Gasteiger partial charge is 0.124 e. The molecule has 21 heavy (non-hydrogen) atoms. The summed E-state index contributed by atoms with van der Waals surface area (Å²) in [6.07, 6.45) is 2.67. The quantitative estimate of drug-likeness (QED) is 0.761. The van der Waals surface area contributed by atoms with Crippen LogP contribution < -0.4 is 10.1 Å². The number of methoxy groups -OCH3 is 2. The number of hydrogen-bond donors (Lipinski definition) is 1. The highest BCUT2D eigenvalue weighted by molar-refractivity contribution is 7.84. The van der Waals surface area contributed by atoms with Crippen molar-refractivity contribution in [1.29, 1.82) is 0 Å². The van der Waals surface area contributed by atoms with Gasteiger partial charge in [0.15, 0.2) is 0 Å². The standard InChI is InChI=1S/C16H27NO3S/c1-12(21(5)18)8-9-17-13(2)14-6-7-16(20-4)15(10-14)11-19-3/h6-7,10,12-13,17H,8-9,11H2,1-5H3. The highest BCUT2D eigenvalue weighted by Gasteiger charge is 2.11. The Hall–Kier alpha value is -0.910. The van der Waals surface area contributed by atoms with Gasteiger partial charge in [0.25, 0.3) is 0 Å². The lowest BCUT2D eigenvalue weighted by atomic mass is 10.0. The third-order valence-electron chi connectivity index (χ3n) is 3.67. The maximum Gasteiger partial charge on any atom is 0.124 e. The lowest BCUT2D eigenvalue weighted by Crippen LogP contribution is -2.24. The van der Waals surface area contributed by atoms with Gasteiger partial charge >= 0.3 is 0 Å². The van der Waals surface area contributed by atoms with Gasteiger partial charge in [-0.3, -0.25) is 4.21 Å². The van der Waals surface area contributed by atoms with Gasteiger partial charge in [0.1, 0.15) is 5.75 Å². The molecular formula is C16H27NO3S. The number of rotatable bonds is 9. The van der Waals surface area contributed by atoms with Crippen molar-refractivity contribution in [2.75, 3.05) is 27.0 Å². The minimum Gasteiger partial charge on any atom is -0.496 e. The van der Waals surface area contributed by atoms with Crippen LogP contribution in [0.3, 0.4) is 0 Å². The van der Waals surface area contributed by atoms with Crippen LogP contribution in [0.2, 0.25) is 0 Å². The van der Waals surface area contributed by atoms with E-state index in [2.05, 4.69) is 24.4 Å². The van der Waals surface area contributed by atoms with Crippen LogP contribution >= 0.6 is 0 Å². The summed E-state index contributed by atoms with van der Waals surface area (Å²) >= 11 is 0. The van der Waals surface area contributed by atoms with E-state index in [1.165, 1.54) is 5.56 Å². The molecule has 1 aromatic rings. The molecule has 1 aromatic carbocycles. The molecule has 0 saturated heterocycles. The van der Waals surface area contributed by atoms with E-state index in [0.29, 0.717) is 6.61 Å². The normalized spacial score (nSPS) is 15.5. The Morgan fingerprint density at radius 2 is 2.00 bits per heavy atom. The minimum atomic E-state index is -0.753. The SMILES string of the molecule is COCc1cc(C(C)NCCC(C)S(C)=O)ccc1OC. The van der Waals surface area contributed by atoms with Crippen molar-refractivity contribution < 1.29 is 13.7 Å². The molecule has 0 radical (unpaired) electrons. The summed E-state index contributed by atoms with van der Waals surface area (Å²) in [5.74, 6) is 0.850. The summed E-state index contributed by atoms with van der Waals surface area (Å²) < 4.78 is 21.9. The zero-order chi connectivity index (χ0) is 15.8. The molecular weight excluding hydrogens is 286 g/mol. The fourth-order valence-electron chi connectivity index (χ4n) is 2.12. The van der Waals surface area contributed by atoms with Crippen LogP contribution in [-0.2, 0) is 22.1 Å². The van der Waals surface area contributed by atoms with Gasteiger partial charge < -0.3 is 14.8 Å². The fourth-order valence-corrected chi connectivity index (χ4v) is 2.57. The first-order valence-electron chi connectivity index (χ1n) is 7.21. The molecule has 3 atom stereocenters. The largest absolute Gasteiger partial charge is 0.496 e. The number of nitrogens with one attached hydrogen (secondary N) is 1. The second-order valence-corrected chi connectivity index (χ2v) is 7.08. The zero-order valence-corrected chi connectivity index (χ0v) is 14.5. The van der Waals surface area contributed by atoms with Gasteiger partial charge in [-0.05, 0) is 37.6 Å². The Bertz CT molecular complexity index is 465. The van der Waals surface area contributed by atoms with Gasteiger partial charge in [-0.2, -0.15) is 0 Å². The van der Waals surface area contributed by atoms with Crippen LogP contribution in [0.25, 0.3) is 0 Å². The second kappa shape index (κ2) is 9.18. The molecule has 0 heterocycles. The number of ether oxygens (including phenoxy) is 2. The van der Waals surface area contributed by atoms with Crippen LogP contribution in [0.15, 0.2) is 18.2 Å². The zero-order valence-electron chi connectivity index (χ0n) is 13.6. The summed E-state index contributed by atoms with van der Waals surface area (Å²) in [5, 5.41) is 3.70. The van der Waals surface area contributed by atoms with Crippen molar-refractivity contribution >= 4 is 10.8 Å². The third kappa shape index (κ3) is 5.77. The topological polar surface area (TPSA) is 47.6 Å². The molecule has 0 bridgehead atoms. The van der Waals surface area contributed by atoms with Gasteiger partial charge in [-0.25, -0.2) is 0 Å². The van der Waals surface area contributed by atoms with E-state index in [1.807, 2.05) is 13.0 Å². The van der Waals surface area contributed by atoms with Gasteiger partial charge in [-0.1, -0.05) is 13.0 Å². The van der Waals surface area contributed by atoms with E-state index in [-0.39, 0.29) is 11.3 Å². The maximum absolute atomic E-state index is 11.3. The Kier molecular flexibility index (Phi) is 7.93. The lowest BCUT2D eigenvalue weighted by Gasteiger charge is -2.18. The van der Waals surface area contributed by atoms with Crippen LogP contribution in [0.1, 0.15) is 37.4 Å². The third-order valence-corrected chi connectivity index (χ3v) is 5.04. The summed E-state index contributed by atoms with van der Waals surface area (Å²) in [5.41, 5.74) is 2.25. The van der Waals surface area contributed by atoms with Crippen molar-refractivity contribution in [2.24, 2.45) is 0 Å². The summed E-state index contributed by atoms with van der Waals surface area (Å²) in [4.78, 5) is 0. The molecule has 0 aliphatic rings. The van der Waals surface area contributed by atoms with E-state index in [4.69, 9.17) is 9.47 Å². The van der Waals surface area contributed by atoms with E-state index in [1.54, 1.807) is 20.5 Å². The predicted octanol–water partition coefficient (Wildman–Crippen LogP) is 2.65. The first-order chi connectivity index (χ1) is 9.99. The monoisotopic (exact) mass is 313 g/mol. The van der Waals surface area contributed by atoms with Crippen LogP contribution in [0.5, 0.6) is 5.75 Å². The molecule has 0 saturated carbocycles. The first kappa shape index (κ1) is 18.1. The molecule has 4 nitrogen and oxygen atoms in total. The Balaban J connectivity index is 2.63. The maximum atomic E-state index is 11.3. The fraction of sp³-hybridized carbons (Fsp3) is 0.625. The molecule has 0 fully saturated rings. The molecule has 5 heteroatoms. The molecule has 1 rings (SSSR count). The van der Waals surface area contributed by atoms with Crippen molar-refractivity contribution in [3.8, 4) is 5.75 Å². The minimum absolute atomic E-state index is 0.226. The summed E-state index contributed by atoms with van der Waals surface area (Å²) in [6, 6.07) is 6.40. The van der Waals surface area contributed by atoms with E-state index >= 15 is 0 Å². The van der Waals surface area contributed by atoms with Gasteiger partial charge in [0, 0.05) is 41.0 Å². The van der Waals surface area contributed by atoms with Crippen molar-refractivity contribution in [3.63, 3.8) is 0 Å². The average Bonchev–Trinajstić information content (AvgIpc) is 2.47. The second-order valence-electron chi connectivity index (χ2n) is 5.28. The molecule has 0 aliphatic heterocycles. The van der Waals surface area contributed by atoms with E-state index in [9.17, 15) is 4.21 Å². The molecule has 1 N–H and O–H groups in total. The van der Waals surface area contributed by atoms with E-state index < -0.39 is 10.8 Å². The van der Waals surface area contributed by atoms with Gasteiger partial charge in [0.05, 0.1) is 13.7 Å². The van der Waals surface area contributed by atoms with Gasteiger partial charge in [-0.15, -0.1) is 0 Å². The Labute approximate surface area is 130 Å². The molecule has 0 amide bonds. The van der Waals surface area contributed by atoms with Crippen LogP contribution in [0.4, 0.5) is 0 Å². The first-order valence-corrected chi connectivity index (χ1v) is 8.83.